The van der Waals surface area contributed by atoms with E-state index in [1.54, 1.807) is 10.2 Å². The normalized spacial score (nSPS) is 10.6. The highest BCUT2D eigenvalue weighted by Gasteiger charge is 2.01. The van der Waals surface area contributed by atoms with E-state index < -0.39 is 0 Å². The van der Waals surface area contributed by atoms with Crippen LogP contribution in [0.5, 0.6) is 0 Å². The van der Waals surface area contributed by atoms with Crippen molar-refractivity contribution in [2.45, 2.75) is 11.8 Å². The third kappa shape index (κ3) is 2.91. The van der Waals surface area contributed by atoms with E-state index in [1.807, 2.05) is 31.3 Å². The van der Waals surface area contributed by atoms with Gasteiger partial charge in [-0.1, -0.05) is 23.2 Å². The number of aryl methyl sites for hydroxylation is 1. The van der Waals surface area contributed by atoms with Crippen LogP contribution in [0.3, 0.4) is 0 Å². The average Bonchev–Trinajstić information content (AvgIpc) is 2.49. The lowest BCUT2D eigenvalue weighted by molar-refractivity contribution is 0.976. The van der Waals surface area contributed by atoms with Crippen LogP contribution in [0.4, 0.5) is 0 Å². The van der Waals surface area contributed by atoms with Gasteiger partial charge in [0.05, 0.1) is 5.69 Å². The first kappa shape index (κ1) is 10.9. The van der Waals surface area contributed by atoms with E-state index >= 15 is 0 Å². The number of rotatable bonds is 2. The van der Waals surface area contributed by atoms with Gasteiger partial charge in [0.25, 0.3) is 0 Å². The van der Waals surface area contributed by atoms with Crippen molar-refractivity contribution in [3.8, 4) is 0 Å². The number of benzene rings is 1. The molecular weight excluding hydrogens is 251 g/mol. The molecule has 2 rings (SSSR count). The number of hydrogen-bond acceptors (Lipinski definition) is 2. The predicted octanol–water partition coefficient (Wildman–Crippen LogP) is 4.05. The summed E-state index contributed by atoms with van der Waals surface area (Å²) in [5.74, 6) is 0. The van der Waals surface area contributed by atoms with Crippen molar-refractivity contribution in [2.24, 2.45) is 0 Å². The lowest BCUT2D eigenvalue weighted by Gasteiger charge is -2.02. The van der Waals surface area contributed by atoms with E-state index in [1.165, 1.54) is 11.9 Å². The van der Waals surface area contributed by atoms with Crippen LogP contribution in [0.15, 0.2) is 35.4 Å². The van der Waals surface area contributed by atoms with E-state index in [9.17, 15) is 0 Å². The first-order valence-corrected chi connectivity index (χ1v) is 5.83. The van der Waals surface area contributed by atoms with Gasteiger partial charge >= 0.3 is 0 Å². The molecule has 0 unspecified atom stereocenters. The second-order valence-corrected chi connectivity index (χ2v) is 4.96. The molecule has 0 spiro atoms. The van der Waals surface area contributed by atoms with Crippen LogP contribution >= 0.6 is 35.1 Å². The van der Waals surface area contributed by atoms with Crippen LogP contribution in [0.2, 0.25) is 10.0 Å². The maximum absolute atomic E-state index is 5.89. The van der Waals surface area contributed by atoms with Crippen LogP contribution in [-0.4, -0.2) is 9.19 Å². The largest absolute Gasteiger partial charge is 0.209 e. The van der Waals surface area contributed by atoms with Crippen molar-refractivity contribution in [3.05, 3.63) is 46.2 Å². The molecular formula is C10H8Cl2N2S. The Labute approximate surface area is 102 Å². The number of aromatic nitrogens is 2. The van der Waals surface area contributed by atoms with Crippen LogP contribution in [0.1, 0.15) is 5.69 Å². The molecule has 1 aromatic carbocycles. The highest BCUT2D eigenvalue weighted by Crippen LogP contribution is 2.27. The smallest absolute Gasteiger partial charge is 0.0604 e. The Morgan fingerprint density at radius 2 is 1.87 bits per heavy atom. The van der Waals surface area contributed by atoms with E-state index in [0.29, 0.717) is 10.0 Å². The fraction of sp³-hybridized carbons (Fsp3) is 0.100. The Bertz CT molecular complexity index is 462. The first-order valence-electron chi connectivity index (χ1n) is 4.30. The summed E-state index contributed by atoms with van der Waals surface area (Å²) < 4.78 is 1.78. The summed E-state index contributed by atoms with van der Waals surface area (Å²) in [5.41, 5.74) is 0.982. The second kappa shape index (κ2) is 4.47. The molecule has 0 aliphatic rings. The zero-order valence-electron chi connectivity index (χ0n) is 7.95. The second-order valence-electron chi connectivity index (χ2n) is 3.06. The van der Waals surface area contributed by atoms with Gasteiger partial charge in [0.15, 0.2) is 0 Å². The highest BCUT2D eigenvalue weighted by atomic mass is 35.5. The van der Waals surface area contributed by atoms with Gasteiger partial charge in [-0.25, -0.2) is 4.09 Å². The Balaban J connectivity index is 2.24. The molecule has 0 fully saturated rings. The third-order valence-electron chi connectivity index (χ3n) is 1.73. The summed E-state index contributed by atoms with van der Waals surface area (Å²) in [4.78, 5) is 0.968. The Hall–Kier alpha value is -0.640. The van der Waals surface area contributed by atoms with Gasteiger partial charge in [0.1, 0.15) is 0 Å². The lowest BCUT2D eigenvalue weighted by Crippen LogP contribution is -1.87. The molecule has 1 heterocycles. The Morgan fingerprint density at radius 3 is 2.40 bits per heavy atom. The molecule has 0 radical (unpaired) electrons. The van der Waals surface area contributed by atoms with Crippen LogP contribution in [-0.2, 0) is 0 Å². The lowest BCUT2D eigenvalue weighted by atomic mass is 10.4. The van der Waals surface area contributed by atoms with Crippen molar-refractivity contribution in [1.82, 2.24) is 9.19 Å². The van der Waals surface area contributed by atoms with E-state index in [2.05, 4.69) is 5.10 Å². The van der Waals surface area contributed by atoms with Crippen LogP contribution in [0.25, 0.3) is 0 Å². The number of halogens is 2. The summed E-state index contributed by atoms with van der Waals surface area (Å²) in [6, 6.07) is 7.37. The molecule has 0 N–H and O–H groups in total. The number of nitrogens with zero attached hydrogens (tertiary/aromatic N) is 2. The highest BCUT2D eigenvalue weighted by molar-refractivity contribution is 7.97. The zero-order valence-corrected chi connectivity index (χ0v) is 10.3. The molecule has 0 saturated carbocycles. The van der Waals surface area contributed by atoms with Gasteiger partial charge in [-0.05, 0) is 31.2 Å². The standard InChI is InChI=1S/C10H8Cl2N2S/c1-7-2-3-14(13-7)15-10-5-8(11)4-9(12)6-10/h2-6H,1H3. The third-order valence-corrected chi connectivity index (χ3v) is 3.01. The molecule has 1 aromatic heterocycles. The molecule has 0 amide bonds. The van der Waals surface area contributed by atoms with Crippen molar-refractivity contribution in [2.75, 3.05) is 0 Å². The Morgan fingerprint density at radius 1 is 1.20 bits per heavy atom. The zero-order chi connectivity index (χ0) is 10.8. The van der Waals surface area contributed by atoms with Gasteiger partial charge in [0.2, 0.25) is 0 Å². The van der Waals surface area contributed by atoms with Crippen molar-refractivity contribution in [3.63, 3.8) is 0 Å². The Kier molecular flexibility index (Phi) is 3.24. The minimum atomic E-state index is 0.633. The van der Waals surface area contributed by atoms with E-state index in [0.717, 1.165) is 10.6 Å². The molecule has 5 heteroatoms. The van der Waals surface area contributed by atoms with Crippen molar-refractivity contribution in [1.29, 1.82) is 0 Å². The monoisotopic (exact) mass is 258 g/mol. The van der Waals surface area contributed by atoms with Crippen molar-refractivity contribution >= 4 is 35.1 Å². The van der Waals surface area contributed by atoms with E-state index in [-0.39, 0.29) is 0 Å². The molecule has 15 heavy (non-hydrogen) atoms. The van der Waals surface area contributed by atoms with Crippen molar-refractivity contribution < 1.29 is 0 Å². The first-order chi connectivity index (χ1) is 7.13. The summed E-state index contributed by atoms with van der Waals surface area (Å²) in [6.07, 6.45) is 1.90. The van der Waals surface area contributed by atoms with Crippen LogP contribution < -0.4 is 0 Å². The van der Waals surface area contributed by atoms with Gasteiger partial charge in [0, 0.05) is 33.1 Å². The predicted molar refractivity (Wildman–Crippen MR) is 64.7 cm³/mol. The summed E-state index contributed by atoms with van der Waals surface area (Å²) in [7, 11) is 0. The molecule has 0 atom stereocenters. The number of hydrogen-bond donors (Lipinski definition) is 0. The molecule has 78 valence electrons. The molecule has 2 nitrogen and oxygen atoms in total. The maximum Gasteiger partial charge on any atom is 0.0604 e. The maximum atomic E-state index is 5.89. The fourth-order valence-electron chi connectivity index (χ4n) is 1.13. The van der Waals surface area contributed by atoms with Crippen LogP contribution in [0, 0.1) is 6.92 Å². The molecule has 0 bridgehead atoms. The topological polar surface area (TPSA) is 17.8 Å². The molecule has 0 saturated heterocycles. The molecule has 0 aliphatic heterocycles. The van der Waals surface area contributed by atoms with E-state index in [4.69, 9.17) is 23.2 Å². The molecule has 2 aromatic rings. The van der Waals surface area contributed by atoms with Gasteiger partial charge in [-0.15, -0.1) is 0 Å². The van der Waals surface area contributed by atoms with Gasteiger partial charge in [-0.2, -0.15) is 5.10 Å². The SMILES string of the molecule is Cc1ccn(Sc2cc(Cl)cc(Cl)c2)n1. The van der Waals surface area contributed by atoms with Gasteiger partial charge < -0.3 is 0 Å². The molecule has 0 aliphatic carbocycles. The summed E-state index contributed by atoms with van der Waals surface area (Å²) >= 11 is 13.3. The minimum Gasteiger partial charge on any atom is -0.209 e. The summed E-state index contributed by atoms with van der Waals surface area (Å²) in [6.45, 7) is 1.95. The van der Waals surface area contributed by atoms with Gasteiger partial charge in [-0.3, -0.25) is 0 Å². The summed E-state index contributed by atoms with van der Waals surface area (Å²) in [5, 5.41) is 5.53. The quantitative estimate of drug-likeness (QED) is 0.809. The average molecular weight is 259 g/mol. The fourth-order valence-corrected chi connectivity index (χ4v) is 2.66. The minimum absolute atomic E-state index is 0.633.